The Morgan fingerprint density at radius 3 is 2.60 bits per heavy atom. The Morgan fingerprint density at radius 2 is 1.95 bits per heavy atom. The van der Waals surface area contributed by atoms with Crippen LogP contribution in [0.1, 0.15) is 30.1 Å². The zero-order valence-electron chi connectivity index (χ0n) is 12.1. The van der Waals surface area contributed by atoms with Crippen LogP contribution in [0.15, 0.2) is 18.3 Å². The van der Waals surface area contributed by atoms with E-state index < -0.39 is 0 Å². The summed E-state index contributed by atoms with van der Waals surface area (Å²) in [6.45, 7) is 2.78. The van der Waals surface area contributed by atoms with Gasteiger partial charge in [-0.05, 0) is 12.5 Å². The molecule has 0 fully saturated rings. The number of ether oxygens (including phenoxy) is 2. The van der Waals surface area contributed by atoms with Crippen LogP contribution in [0.4, 0.5) is 0 Å². The minimum atomic E-state index is -0.0723. The van der Waals surface area contributed by atoms with Crippen molar-refractivity contribution >= 4 is 16.8 Å². The minimum absolute atomic E-state index is 0.0723. The molecule has 0 aliphatic heterocycles. The summed E-state index contributed by atoms with van der Waals surface area (Å²) in [6.07, 6.45) is 3.75. The number of hydrogen-bond donors (Lipinski definition) is 2. The molecule has 0 radical (unpaired) electrons. The van der Waals surface area contributed by atoms with E-state index in [9.17, 15) is 4.79 Å². The minimum Gasteiger partial charge on any atom is -0.493 e. The lowest BCUT2D eigenvalue weighted by atomic mass is 10.1. The quantitative estimate of drug-likeness (QED) is 0.797. The van der Waals surface area contributed by atoms with E-state index in [1.165, 1.54) is 0 Å². The third kappa shape index (κ3) is 2.71. The summed E-state index contributed by atoms with van der Waals surface area (Å²) in [4.78, 5) is 15.2. The second-order valence-corrected chi connectivity index (χ2v) is 4.56. The molecule has 2 aromatic rings. The number of aromatic amines is 1. The lowest BCUT2D eigenvalue weighted by molar-refractivity contribution is 0.0955. The second-order valence-electron chi connectivity index (χ2n) is 4.56. The van der Waals surface area contributed by atoms with Gasteiger partial charge >= 0.3 is 0 Å². The Labute approximate surface area is 118 Å². The fourth-order valence-electron chi connectivity index (χ4n) is 2.11. The van der Waals surface area contributed by atoms with Crippen LogP contribution in [0.5, 0.6) is 11.5 Å². The number of nitrogens with one attached hydrogen (secondary N) is 2. The van der Waals surface area contributed by atoms with Gasteiger partial charge in [-0.15, -0.1) is 0 Å². The fraction of sp³-hybridized carbons (Fsp3) is 0.400. The van der Waals surface area contributed by atoms with Crippen LogP contribution >= 0.6 is 0 Å². The summed E-state index contributed by atoms with van der Waals surface area (Å²) in [5.41, 5.74) is 1.47. The molecule has 1 aromatic carbocycles. The van der Waals surface area contributed by atoms with Gasteiger partial charge in [0.2, 0.25) is 0 Å². The summed E-state index contributed by atoms with van der Waals surface area (Å²) in [5, 5.41) is 3.74. The predicted octanol–water partition coefficient (Wildman–Crippen LogP) is 2.72. The van der Waals surface area contributed by atoms with Crippen LogP contribution in [0.3, 0.4) is 0 Å². The third-order valence-corrected chi connectivity index (χ3v) is 3.25. The molecule has 2 N–H and O–H groups in total. The van der Waals surface area contributed by atoms with Gasteiger partial charge in [0.1, 0.15) is 0 Å². The average molecular weight is 276 g/mol. The molecule has 0 bridgehead atoms. The van der Waals surface area contributed by atoms with E-state index in [4.69, 9.17) is 9.47 Å². The zero-order valence-corrected chi connectivity index (χ0v) is 12.1. The Balaban J connectivity index is 2.33. The smallest absolute Gasteiger partial charge is 0.253 e. The Hall–Kier alpha value is -2.17. The van der Waals surface area contributed by atoms with E-state index in [2.05, 4.69) is 17.2 Å². The normalized spacial score (nSPS) is 10.6. The number of benzene rings is 1. The monoisotopic (exact) mass is 276 g/mol. The molecule has 0 saturated carbocycles. The molecule has 0 atom stereocenters. The van der Waals surface area contributed by atoms with Crippen molar-refractivity contribution in [3.05, 3.63) is 23.9 Å². The molecule has 1 heterocycles. The molecule has 0 spiro atoms. The number of H-pyrrole nitrogens is 1. The second kappa shape index (κ2) is 6.32. The highest BCUT2D eigenvalue weighted by Gasteiger charge is 2.15. The van der Waals surface area contributed by atoms with Crippen molar-refractivity contribution in [3.8, 4) is 11.5 Å². The highest BCUT2D eigenvalue weighted by Crippen LogP contribution is 2.33. The first-order valence-electron chi connectivity index (χ1n) is 6.72. The molecular formula is C15H20N2O3. The van der Waals surface area contributed by atoms with Gasteiger partial charge in [-0.2, -0.15) is 0 Å². The molecular weight excluding hydrogens is 256 g/mol. The van der Waals surface area contributed by atoms with Gasteiger partial charge in [0.05, 0.1) is 25.3 Å². The summed E-state index contributed by atoms with van der Waals surface area (Å²) >= 11 is 0. The molecule has 0 aliphatic carbocycles. The number of carbonyl (C=O) groups is 1. The van der Waals surface area contributed by atoms with Gasteiger partial charge in [-0.3, -0.25) is 4.79 Å². The number of amides is 1. The van der Waals surface area contributed by atoms with Gasteiger partial charge in [0.25, 0.3) is 5.91 Å². The van der Waals surface area contributed by atoms with E-state index in [1.807, 2.05) is 12.1 Å². The van der Waals surface area contributed by atoms with E-state index in [0.717, 1.165) is 23.7 Å². The topological polar surface area (TPSA) is 63.4 Å². The van der Waals surface area contributed by atoms with Crippen LogP contribution in [0.2, 0.25) is 0 Å². The highest BCUT2D eigenvalue weighted by atomic mass is 16.5. The number of rotatable bonds is 6. The first-order chi connectivity index (χ1) is 9.71. The van der Waals surface area contributed by atoms with Crippen LogP contribution < -0.4 is 14.8 Å². The van der Waals surface area contributed by atoms with Crippen LogP contribution in [-0.4, -0.2) is 31.7 Å². The first kappa shape index (κ1) is 14.2. The summed E-state index contributed by atoms with van der Waals surface area (Å²) in [7, 11) is 3.17. The Bertz CT molecular complexity index is 604. The predicted molar refractivity (Wildman–Crippen MR) is 78.6 cm³/mol. The Morgan fingerprint density at radius 1 is 1.25 bits per heavy atom. The number of fused-ring (bicyclic) bond motifs is 1. The fourth-order valence-corrected chi connectivity index (χ4v) is 2.11. The lowest BCUT2D eigenvalue weighted by Crippen LogP contribution is -2.24. The summed E-state index contributed by atoms with van der Waals surface area (Å²) < 4.78 is 10.5. The van der Waals surface area contributed by atoms with E-state index >= 15 is 0 Å². The lowest BCUT2D eigenvalue weighted by Gasteiger charge is -2.08. The van der Waals surface area contributed by atoms with Gasteiger partial charge in [0.15, 0.2) is 11.5 Å². The molecule has 1 aromatic heterocycles. The van der Waals surface area contributed by atoms with Crippen molar-refractivity contribution in [2.24, 2.45) is 0 Å². The number of unbranched alkanes of at least 4 members (excludes halogenated alkanes) is 1. The van der Waals surface area contributed by atoms with Crippen molar-refractivity contribution in [2.75, 3.05) is 20.8 Å². The van der Waals surface area contributed by atoms with Crippen molar-refractivity contribution in [1.29, 1.82) is 0 Å². The van der Waals surface area contributed by atoms with Crippen molar-refractivity contribution in [1.82, 2.24) is 10.3 Å². The zero-order chi connectivity index (χ0) is 14.5. The number of aromatic nitrogens is 1. The maximum Gasteiger partial charge on any atom is 0.253 e. The molecule has 1 amide bonds. The maximum absolute atomic E-state index is 12.1. The molecule has 2 rings (SSSR count). The van der Waals surface area contributed by atoms with E-state index in [1.54, 1.807) is 20.4 Å². The number of methoxy groups -OCH3 is 2. The molecule has 0 unspecified atom stereocenters. The number of carbonyl (C=O) groups excluding carboxylic acids is 1. The average Bonchev–Trinajstić information content (AvgIpc) is 2.88. The van der Waals surface area contributed by atoms with Crippen LogP contribution in [0.25, 0.3) is 10.9 Å². The van der Waals surface area contributed by atoms with Gasteiger partial charge in [0, 0.05) is 24.2 Å². The summed E-state index contributed by atoms with van der Waals surface area (Å²) in [5.74, 6) is 1.18. The molecule has 5 nitrogen and oxygen atoms in total. The maximum atomic E-state index is 12.1. The molecule has 20 heavy (non-hydrogen) atoms. The molecule has 0 saturated heterocycles. The third-order valence-electron chi connectivity index (χ3n) is 3.25. The van der Waals surface area contributed by atoms with Crippen LogP contribution in [-0.2, 0) is 0 Å². The Kier molecular flexibility index (Phi) is 4.50. The van der Waals surface area contributed by atoms with E-state index in [0.29, 0.717) is 23.6 Å². The number of hydrogen-bond acceptors (Lipinski definition) is 3. The first-order valence-corrected chi connectivity index (χ1v) is 6.72. The molecule has 0 aliphatic rings. The van der Waals surface area contributed by atoms with Crippen LogP contribution in [0, 0.1) is 0 Å². The van der Waals surface area contributed by atoms with Gasteiger partial charge in [-0.1, -0.05) is 13.3 Å². The van der Waals surface area contributed by atoms with Crippen molar-refractivity contribution < 1.29 is 14.3 Å². The standard InChI is InChI=1S/C15H20N2O3/c1-4-5-6-16-15(18)11-9-17-12-8-14(20-3)13(19-2)7-10(11)12/h7-9,17H,4-6H2,1-3H3,(H,16,18). The van der Waals surface area contributed by atoms with Crippen molar-refractivity contribution in [3.63, 3.8) is 0 Å². The van der Waals surface area contributed by atoms with Crippen molar-refractivity contribution in [2.45, 2.75) is 19.8 Å². The largest absolute Gasteiger partial charge is 0.493 e. The van der Waals surface area contributed by atoms with E-state index in [-0.39, 0.29) is 5.91 Å². The van der Waals surface area contributed by atoms with Gasteiger partial charge < -0.3 is 19.8 Å². The van der Waals surface area contributed by atoms with Gasteiger partial charge in [-0.25, -0.2) is 0 Å². The highest BCUT2D eigenvalue weighted by molar-refractivity contribution is 6.07. The summed E-state index contributed by atoms with van der Waals surface area (Å²) in [6, 6.07) is 3.65. The molecule has 5 heteroatoms. The SMILES string of the molecule is CCCCNC(=O)c1c[nH]c2cc(OC)c(OC)cc12. The molecule has 108 valence electrons.